The molecule has 0 radical (unpaired) electrons. The van der Waals surface area contributed by atoms with Gasteiger partial charge in [0.15, 0.2) is 12.1 Å². The SMILES string of the molecule is CCCCCCCO[C@@H]1[C@H]2OC(C)(C)O[C@H]2O[C@@H]1[C@@H](C)ON(CCN1CCCCC1C(=O)OCc1ccccc1)C(=O)Nc1ccc(CC(=O)OC)cc1. The molecule has 0 aliphatic carbocycles. The van der Waals surface area contributed by atoms with Gasteiger partial charge in [-0.1, -0.05) is 81.5 Å². The summed E-state index contributed by atoms with van der Waals surface area (Å²) in [6, 6.07) is 15.7. The van der Waals surface area contributed by atoms with E-state index in [0.717, 1.165) is 43.2 Å². The van der Waals surface area contributed by atoms with Gasteiger partial charge in [-0.05, 0) is 69.8 Å². The summed E-state index contributed by atoms with van der Waals surface area (Å²) in [5, 5.41) is 4.22. The normalized spacial score (nSPS) is 24.1. The zero-order valence-corrected chi connectivity index (χ0v) is 32.5. The number of nitrogens with one attached hydrogen (secondary N) is 1. The highest BCUT2D eigenvalue weighted by atomic mass is 16.8. The van der Waals surface area contributed by atoms with Crippen molar-refractivity contribution >= 4 is 23.7 Å². The molecule has 3 saturated heterocycles. The van der Waals surface area contributed by atoms with E-state index >= 15 is 0 Å². The van der Waals surface area contributed by atoms with E-state index in [2.05, 4.69) is 17.1 Å². The van der Waals surface area contributed by atoms with Gasteiger partial charge in [0.25, 0.3) is 0 Å². The lowest BCUT2D eigenvalue weighted by Gasteiger charge is -2.36. The molecule has 0 aromatic heterocycles. The van der Waals surface area contributed by atoms with Gasteiger partial charge >= 0.3 is 18.0 Å². The van der Waals surface area contributed by atoms with Crippen molar-refractivity contribution in [1.82, 2.24) is 9.96 Å². The lowest BCUT2D eigenvalue weighted by atomic mass is 10.0. The standard InChI is InChI=1S/C41H59N3O10/c1-6-7-8-9-15-26-49-36-35(51-39-37(36)52-41(3,4)53-39)29(2)54-44(40(47)42-32-21-19-30(20-22-32)27-34(45)48-5)25-24-43-23-14-13-18-33(43)38(46)50-28-31-16-11-10-12-17-31/h10-12,16-17,19-22,29,33,35-37,39H,6-9,13-15,18,23-28H2,1-5H3,(H,42,47)/t29-,33?,35-,36+,37-,39-/m1/s1. The lowest BCUT2D eigenvalue weighted by Crippen LogP contribution is -2.51. The van der Waals surface area contributed by atoms with Crippen LogP contribution in [-0.4, -0.2) is 104 Å². The van der Waals surface area contributed by atoms with Crippen LogP contribution < -0.4 is 5.32 Å². The largest absolute Gasteiger partial charge is 0.469 e. The molecule has 2 amide bonds. The number of unbranched alkanes of at least 4 members (excludes halogenated alkanes) is 4. The number of benzene rings is 2. The molecule has 0 bridgehead atoms. The summed E-state index contributed by atoms with van der Waals surface area (Å²) in [4.78, 5) is 47.6. The van der Waals surface area contributed by atoms with Crippen molar-refractivity contribution in [3.05, 3.63) is 65.7 Å². The quantitative estimate of drug-likeness (QED) is 0.0973. The van der Waals surface area contributed by atoms with Crippen LogP contribution in [-0.2, 0) is 55.9 Å². The fourth-order valence-electron chi connectivity index (χ4n) is 7.16. The monoisotopic (exact) mass is 753 g/mol. The third kappa shape index (κ3) is 12.0. The molecule has 2 aromatic carbocycles. The zero-order chi connectivity index (χ0) is 38.5. The number of hydrogen-bond acceptors (Lipinski definition) is 11. The number of hydroxylamine groups is 2. The average Bonchev–Trinajstić information content (AvgIpc) is 3.66. The second-order valence-corrected chi connectivity index (χ2v) is 14.8. The van der Waals surface area contributed by atoms with Crippen LogP contribution in [0.2, 0.25) is 0 Å². The average molecular weight is 754 g/mol. The first-order valence-corrected chi connectivity index (χ1v) is 19.5. The summed E-state index contributed by atoms with van der Waals surface area (Å²) < 4.78 is 35.7. The molecule has 2 aromatic rings. The van der Waals surface area contributed by atoms with Crippen LogP contribution in [0.5, 0.6) is 0 Å². The number of piperidine rings is 1. The zero-order valence-electron chi connectivity index (χ0n) is 32.5. The molecule has 1 N–H and O–H groups in total. The van der Waals surface area contributed by atoms with E-state index < -0.39 is 48.6 Å². The maximum atomic E-state index is 14.0. The van der Waals surface area contributed by atoms with Crippen molar-refractivity contribution in [3.63, 3.8) is 0 Å². The number of rotatable bonds is 19. The number of carbonyl (C=O) groups is 3. The number of hydrogen-bond donors (Lipinski definition) is 1. The predicted molar refractivity (Wildman–Crippen MR) is 201 cm³/mol. The van der Waals surface area contributed by atoms with E-state index in [9.17, 15) is 14.4 Å². The Morgan fingerprint density at radius 2 is 1.74 bits per heavy atom. The fourth-order valence-corrected chi connectivity index (χ4v) is 7.16. The van der Waals surface area contributed by atoms with Crippen molar-refractivity contribution in [2.45, 2.75) is 135 Å². The Hall–Kier alpha value is -3.59. The predicted octanol–water partition coefficient (Wildman–Crippen LogP) is 6.39. The minimum Gasteiger partial charge on any atom is -0.469 e. The van der Waals surface area contributed by atoms with Gasteiger partial charge in [0.05, 0.1) is 20.1 Å². The van der Waals surface area contributed by atoms with E-state index in [1.807, 2.05) is 51.1 Å². The minimum atomic E-state index is -0.821. The molecule has 3 aliphatic rings. The van der Waals surface area contributed by atoms with Gasteiger partial charge in [-0.2, -0.15) is 0 Å². The number of esters is 2. The molecule has 13 heteroatoms. The molecule has 0 spiro atoms. The Morgan fingerprint density at radius 1 is 0.981 bits per heavy atom. The number of methoxy groups -OCH3 is 1. The van der Waals surface area contributed by atoms with Crippen molar-refractivity contribution in [2.75, 3.05) is 38.7 Å². The van der Waals surface area contributed by atoms with Crippen molar-refractivity contribution in [1.29, 1.82) is 0 Å². The Kier molecular flexibility index (Phi) is 15.7. The summed E-state index contributed by atoms with van der Waals surface area (Å²) in [7, 11) is 1.35. The smallest absolute Gasteiger partial charge is 0.345 e. The van der Waals surface area contributed by atoms with Gasteiger partial charge in [0.2, 0.25) is 0 Å². The van der Waals surface area contributed by atoms with Gasteiger partial charge in [-0.25, -0.2) is 9.86 Å². The summed E-state index contributed by atoms with van der Waals surface area (Å²) in [5.74, 6) is -1.45. The number of ether oxygens (including phenoxy) is 6. The summed E-state index contributed by atoms with van der Waals surface area (Å²) in [5.41, 5.74) is 2.20. The Labute approximate surface area is 319 Å². The number of likely N-dealkylation sites (tertiary alicyclic amines) is 1. The maximum absolute atomic E-state index is 14.0. The molecule has 5 rings (SSSR count). The molecule has 3 aliphatic heterocycles. The molecule has 1 unspecified atom stereocenters. The number of nitrogens with zero attached hydrogens (tertiary/aromatic N) is 2. The molecule has 0 saturated carbocycles. The van der Waals surface area contributed by atoms with Gasteiger partial charge in [-0.15, -0.1) is 0 Å². The number of anilines is 1. The van der Waals surface area contributed by atoms with E-state index in [1.54, 1.807) is 24.3 Å². The van der Waals surface area contributed by atoms with Gasteiger partial charge in [0, 0.05) is 18.8 Å². The fraction of sp³-hybridized carbons (Fsp3) is 0.634. The molecule has 54 heavy (non-hydrogen) atoms. The first-order valence-electron chi connectivity index (χ1n) is 19.5. The Bertz CT molecular complexity index is 1480. The Morgan fingerprint density at radius 3 is 2.48 bits per heavy atom. The molecule has 6 atom stereocenters. The highest BCUT2D eigenvalue weighted by Crippen LogP contribution is 2.40. The second-order valence-electron chi connectivity index (χ2n) is 14.8. The molecule has 3 fully saturated rings. The van der Waals surface area contributed by atoms with Crippen LogP contribution >= 0.6 is 0 Å². The topological polar surface area (TPSA) is 134 Å². The van der Waals surface area contributed by atoms with Crippen LogP contribution in [0, 0.1) is 0 Å². The van der Waals surface area contributed by atoms with Crippen LogP contribution in [0.1, 0.15) is 90.2 Å². The van der Waals surface area contributed by atoms with Gasteiger partial charge in [0.1, 0.15) is 37.1 Å². The number of amides is 2. The minimum absolute atomic E-state index is 0.123. The first-order chi connectivity index (χ1) is 26.1. The van der Waals surface area contributed by atoms with Gasteiger partial charge in [-0.3, -0.25) is 19.3 Å². The third-order valence-corrected chi connectivity index (χ3v) is 10.0. The second kappa shape index (κ2) is 20.4. The lowest BCUT2D eigenvalue weighted by molar-refractivity contribution is -0.252. The first kappa shape index (κ1) is 41.6. The Balaban J connectivity index is 1.28. The van der Waals surface area contributed by atoms with E-state index in [0.29, 0.717) is 31.8 Å². The van der Waals surface area contributed by atoms with Gasteiger partial charge < -0.3 is 33.7 Å². The van der Waals surface area contributed by atoms with Crippen molar-refractivity contribution < 1.29 is 47.6 Å². The van der Waals surface area contributed by atoms with Crippen LogP contribution in [0.3, 0.4) is 0 Å². The van der Waals surface area contributed by atoms with Crippen LogP contribution in [0.25, 0.3) is 0 Å². The third-order valence-electron chi connectivity index (χ3n) is 10.0. The number of fused-ring (bicyclic) bond motifs is 1. The summed E-state index contributed by atoms with van der Waals surface area (Å²) in [6.07, 6.45) is 5.34. The molecule has 3 heterocycles. The van der Waals surface area contributed by atoms with E-state index in [-0.39, 0.29) is 31.5 Å². The highest BCUT2D eigenvalue weighted by molar-refractivity contribution is 5.88. The van der Waals surface area contributed by atoms with Crippen LogP contribution in [0.4, 0.5) is 10.5 Å². The van der Waals surface area contributed by atoms with E-state index in [1.165, 1.54) is 25.0 Å². The maximum Gasteiger partial charge on any atom is 0.345 e. The number of carbonyl (C=O) groups excluding carboxylic acids is 3. The molecular formula is C41H59N3O10. The summed E-state index contributed by atoms with van der Waals surface area (Å²) in [6.45, 7) is 9.70. The van der Waals surface area contributed by atoms with Crippen molar-refractivity contribution in [3.8, 4) is 0 Å². The molecule has 13 nitrogen and oxygen atoms in total. The van der Waals surface area contributed by atoms with Crippen molar-refractivity contribution in [2.24, 2.45) is 0 Å². The number of urea groups is 1. The molecular weight excluding hydrogens is 694 g/mol. The van der Waals surface area contributed by atoms with Crippen LogP contribution in [0.15, 0.2) is 54.6 Å². The molecule has 298 valence electrons. The van der Waals surface area contributed by atoms with E-state index in [4.69, 9.17) is 33.3 Å². The summed E-state index contributed by atoms with van der Waals surface area (Å²) >= 11 is 0. The highest BCUT2D eigenvalue weighted by Gasteiger charge is 2.57.